The van der Waals surface area contributed by atoms with Crippen molar-refractivity contribution in [1.29, 1.82) is 0 Å². The molecule has 0 radical (unpaired) electrons. The van der Waals surface area contributed by atoms with Crippen molar-refractivity contribution in [2.45, 2.75) is 110 Å². The summed E-state index contributed by atoms with van der Waals surface area (Å²) >= 11 is 0. The molecule has 0 aromatic rings. The number of ether oxygens (including phenoxy) is 1. The molecule has 1 unspecified atom stereocenters. The predicted octanol–water partition coefficient (Wildman–Crippen LogP) is 5.87. The maximum absolute atomic E-state index is 12.8. The second kappa shape index (κ2) is 9.21. The molecule has 0 aromatic heterocycles. The van der Waals surface area contributed by atoms with Crippen LogP contribution in [0.25, 0.3) is 0 Å². The Labute approximate surface area is 187 Å². The molecule has 1 amide bonds. The third-order valence-corrected chi connectivity index (χ3v) is 15.4. The van der Waals surface area contributed by atoms with Gasteiger partial charge in [0.25, 0.3) is 0 Å². The van der Waals surface area contributed by atoms with Gasteiger partial charge in [0.15, 0.2) is 8.32 Å². The standard InChI is InChI=1S/C22H48N2O4Si2/c1-20(2,3)26-19(25)23-14-15-24(28-30(12,13)22(7,8)9)17-18(16-23)27-29(10,11)21(4,5)6/h18H,14-17H2,1-13H3. The van der Waals surface area contributed by atoms with E-state index in [0.29, 0.717) is 26.2 Å². The number of amides is 1. The van der Waals surface area contributed by atoms with Crippen molar-refractivity contribution in [3.05, 3.63) is 0 Å². The highest BCUT2D eigenvalue weighted by Crippen LogP contribution is 2.39. The molecule has 178 valence electrons. The van der Waals surface area contributed by atoms with Crippen LogP contribution >= 0.6 is 0 Å². The van der Waals surface area contributed by atoms with E-state index in [0.717, 1.165) is 0 Å². The molecule has 0 N–H and O–H groups in total. The number of carbonyl (C=O) groups excluding carboxylic acids is 1. The summed E-state index contributed by atoms with van der Waals surface area (Å²) < 4.78 is 19.0. The van der Waals surface area contributed by atoms with E-state index in [4.69, 9.17) is 13.7 Å². The fourth-order valence-corrected chi connectivity index (χ4v) is 5.07. The Bertz CT molecular complexity index is 589. The van der Waals surface area contributed by atoms with Crippen LogP contribution in [0, 0.1) is 0 Å². The molecule has 1 rings (SSSR count). The average molecular weight is 461 g/mol. The molecule has 1 heterocycles. The molecular formula is C22H48N2O4Si2. The number of hydrogen-bond donors (Lipinski definition) is 0. The SMILES string of the molecule is CC(C)(C)OC(=O)N1CCN(O[Si](C)(C)C(C)(C)C)CC(O[Si](C)(C)C(C)(C)C)C1. The summed E-state index contributed by atoms with van der Waals surface area (Å²) in [7, 11) is -3.98. The number of hydroxylamine groups is 2. The molecular weight excluding hydrogens is 412 g/mol. The monoisotopic (exact) mass is 460 g/mol. The van der Waals surface area contributed by atoms with Crippen LogP contribution in [-0.2, 0) is 13.7 Å². The van der Waals surface area contributed by atoms with Crippen molar-refractivity contribution in [2.75, 3.05) is 26.2 Å². The van der Waals surface area contributed by atoms with Crippen LogP contribution in [0.5, 0.6) is 0 Å². The molecule has 0 aliphatic carbocycles. The van der Waals surface area contributed by atoms with Gasteiger partial charge in [-0.3, -0.25) is 0 Å². The van der Waals surface area contributed by atoms with E-state index in [9.17, 15) is 4.79 Å². The highest BCUT2D eigenvalue weighted by Gasteiger charge is 2.43. The van der Waals surface area contributed by atoms with Gasteiger partial charge in [-0.05, 0) is 57.0 Å². The van der Waals surface area contributed by atoms with Gasteiger partial charge in [0, 0.05) is 19.6 Å². The van der Waals surface area contributed by atoms with Crippen molar-refractivity contribution in [1.82, 2.24) is 9.96 Å². The highest BCUT2D eigenvalue weighted by atomic mass is 28.4. The molecule has 1 aliphatic rings. The van der Waals surface area contributed by atoms with Crippen molar-refractivity contribution in [3.63, 3.8) is 0 Å². The molecule has 1 fully saturated rings. The molecule has 1 saturated heterocycles. The Morgan fingerprint density at radius 3 is 1.73 bits per heavy atom. The van der Waals surface area contributed by atoms with Gasteiger partial charge in [-0.2, -0.15) is 5.06 Å². The van der Waals surface area contributed by atoms with Crippen LogP contribution in [0.3, 0.4) is 0 Å². The largest absolute Gasteiger partial charge is 0.444 e. The molecule has 0 bridgehead atoms. The van der Waals surface area contributed by atoms with Gasteiger partial charge in [-0.25, -0.2) is 4.79 Å². The van der Waals surface area contributed by atoms with Crippen LogP contribution < -0.4 is 0 Å². The Morgan fingerprint density at radius 1 is 0.800 bits per heavy atom. The summed E-state index contributed by atoms with van der Waals surface area (Å²) in [5.74, 6) is 0. The predicted molar refractivity (Wildman–Crippen MR) is 130 cm³/mol. The normalized spacial score (nSPS) is 20.8. The molecule has 8 heteroatoms. The first-order valence-electron chi connectivity index (χ1n) is 11.2. The third kappa shape index (κ3) is 7.93. The second-order valence-corrected chi connectivity index (χ2v) is 22.1. The van der Waals surface area contributed by atoms with Crippen LogP contribution in [0.1, 0.15) is 62.3 Å². The highest BCUT2D eigenvalue weighted by molar-refractivity contribution is 6.74. The van der Waals surface area contributed by atoms with Gasteiger partial charge in [0.2, 0.25) is 8.32 Å². The summed E-state index contributed by atoms with van der Waals surface area (Å²) in [6, 6.07) is 0. The number of rotatable bonds is 4. The first kappa shape index (κ1) is 27.6. The Kier molecular flexibility index (Phi) is 8.48. The maximum atomic E-state index is 12.8. The summed E-state index contributed by atoms with van der Waals surface area (Å²) in [6.45, 7) is 30.6. The zero-order valence-electron chi connectivity index (χ0n) is 21.9. The lowest BCUT2D eigenvalue weighted by atomic mass is 10.2. The van der Waals surface area contributed by atoms with Gasteiger partial charge in [0.1, 0.15) is 5.60 Å². The van der Waals surface area contributed by atoms with Crippen molar-refractivity contribution in [2.24, 2.45) is 0 Å². The quantitative estimate of drug-likeness (QED) is 0.491. The summed E-state index contributed by atoms with van der Waals surface area (Å²) in [4.78, 5) is 14.6. The molecule has 0 saturated carbocycles. The lowest BCUT2D eigenvalue weighted by Gasteiger charge is -2.42. The minimum atomic E-state index is -2.00. The zero-order valence-corrected chi connectivity index (χ0v) is 23.9. The van der Waals surface area contributed by atoms with Crippen molar-refractivity contribution < 1.29 is 18.5 Å². The number of hydrogen-bond acceptors (Lipinski definition) is 5. The summed E-state index contributed by atoms with van der Waals surface area (Å²) in [6.07, 6.45) is -0.383. The smallest absolute Gasteiger partial charge is 0.410 e. The fraction of sp³-hybridized carbons (Fsp3) is 0.955. The molecule has 30 heavy (non-hydrogen) atoms. The van der Waals surface area contributed by atoms with Crippen molar-refractivity contribution >= 4 is 22.7 Å². The Balaban J connectivity index is 3.09. The van der Waals surface area contributed by atoms with Crippen LogP contribution in [0.2, 0.25) is 36.3 Å². The minimum absolute atomic E-state index is 0.0984. The van der Waals surface area contributed by atoms with Gasteiger partial charge < -0.3 is 18.6 Å². The van der Waals surface area contributed by atoms with E-state index in [-0.39, 0.29) is 22.3 Å². The van der Waals surface area contributed by atoms with E-state index in [2.05, 4.69) is 72.8 Å². The Morgan fingerprint density at radius 2 is 1.30 bits per heavy atom. The van der Waals surface area contributed by atoms with Gasteiger partial charge in [0.05, 0.1) is 12.6 Å². The summed E-state index contributed by atoms with van der Waals surface area (Å²) in [5, 5.41) is 2.26. The lowest BCUT2D eigenvalue weighted by molar-refractivity contribution is -0.0854. The van der Waals surface area contributed by atoms with Gasteiger partial charge in [-0.15, -0.1) is 0 Å². The Hall–Kier alpha value is -0.416. The van der Waals surface area contributed by atoms with Gasteiger partial charge >= 0.3 is 6.09 Å². The van der Waals surface area contributed by atoms with E-state index in [1.54, 1.807) is 4.90 Å². The minimum Gasteiger partial charge on any atom is -0.444 e. The van der Waals surface area contributed by atoms with E-state index in [1.165, 1.54) is 0 Å². The number of carbonyl (C=O) groups is 1. The molecule has 6 nitrogen and oxygen atoms in total. The first-order valence-corrected chi connectivity index (χ1v) is 17.1. The third-order valence-electron chi connectivity index (χ3n) is 6.53. The zero-order chi connectivity index (χ0) is 23.8. The lowest BCUT2D eigenvalue weighted by Crippen LogP contribution is -2.51. The maximum Gasteiger partial charge on any atom is 0.410 e. The van der Waals surface area contributed by atoms with E-state index < -0.39 is 22.2 Å². The topological polar surface area (TPSA) is 51.2 Å². The van der Waals surface area contributed by atoms with Crippen molar-refractivity contribution in [3.8, 4) is 0 Å². The first-order chi connectivity index (χ1) is 13.1. The molecule has 0 aromatic carbocycles. The second-order valence-electron chi connectivity index (χ2n) is 12.7. The number of nitrogens with zero attached hydrogens (tertiary/aromatic N) is 2. The molecule has 0 spiro atoms. The van der Waals surface area contributed by atoms with Crippen LogP contribution in [0.15, 0.2) is 0 Å². The van der Waals surface area contributed by atoms with Gasteiger partial charge in [-0.1, -0.05) is 41.5 Å². The van der Waals surface area contributed by atoms with Crippen LogP contribution in [0.4, 0.5) is 4.79 Å². The van der Waals surface area contributed by atoms with E-state index >= 15 is 0 Å². The fourth-order valence-electron chi connectivity index (χ4n) is 2.65. The molecule has 1 aliphatic heterocycles. The molecule has 1 atom stereocenters. The summed E-state index contributed by atoms with van der Waals surface area (Å²) in [5.41, 5.74) is -0.517. The average Bonchev–Trinajstić information content (AvgIpc) is 2.64. The van der Waals surface area contributed by atoms with E-state index in [1.807, 2.05) is 20.8 Å². The van der Waals surface area contributed by atoms with Crippen LogP contribution in [-0.4, -0.2) is 70.6 Å².